The second-order valence-corrected chi connectivity index (χ2v) is 5.97. The van der Waals surface area contributed by atoms with E-state index in [0.717, 1.165) is 6.42 Å². The first-order chi connectivity index (χ1) is 13.0. The molecule has 2 N–H and O–H groups in total. The Morgan fingerprint density at radius 3 is 2.74 bits per heavy atom. The number of carbonyl (C=O) groups is 2. The fourth-order valence-corrected chi connectivity index (χ4v) is 2.26. The summed E-state index contributed by atoms with van der Waals surface area (Å²) in [6.45, 7) is 2.52. The topological polar surface area (TPSA) is 79.8 Å². The first kappa shape index (κ1) is 20.4. The van der Waals surface area contributed by atoms with Crippen LogP contribution in [-0.4, -0.2) is 24.6 Å². The highest BCUT2D eigenvalue weighted by Crippen LogP contribution is 2.21. The molecule has 2 aromatic rings. The number of hydrazone groups is 1. The number of hydrogen-bond donors (Lipinski definition) is 2. The minimum atomic E-state index is -0.650. The number of anilines is 1. The second kappa shape index (κ2) is 10.3. The predicted octanol–water partition coefficient (Wildman–Crippen LogP) is 3.75. The Morgan fingerprint density at radius 1 is 1.22 bits per heavy atom. The van der Waals surface area contributed by atoms with E-state index < -0.39 is 24.1 Å². The maximum atomic E-state index is 13.5. The molecule has 142 valence electrons. The minimum absolute atomic E-state index is 0.00967. The molecule has 8 heteroatoms. The van der Waals surface area contributed by atoms with Crippen LogP contribution in [0.4, 0.5) is 10.1 Å². The Labute approximate surface area is 161 Å². The molecule has 0 aliphatic rings. The molecule has 0 bridgehead atoms. The molecule has 0 aliphatic carbocycles. The average molecular weight is 392 g/mol. The number of hydrogen-bond acceptors (Lipinski definition) is 4. The van der Waals surface area contributed by atoms with Crippen molar-refractivity contribution in [1.82, 2.24) is 5.43 Å². The number of nitrogens with one attached hydrogen (secondary N) is 2. The van der Waals surface area contributed by atoms with Crippen molar-refractivity contribution in [2.24, 2.45) is 5.10 Å². The molecule has 0 atom stereocenters. The molecule has 2 aromatic carbocycles. The van der Waals surface area contributed by atoms with Gasteiger partial charge in [0.25, 0.3) is 0 Å². The van der Waals surface area contributed by atoms with Crippen LogP contribution >= 0.6 is 11.6 Å². The molecule has 0 fully saturated rings. The predicted molar refractivity (Wildman–Crippen MR) is 103 cm³/mol. The number of ether oxygens (including phenoxy) is 1. The maximum absolute atomic E-state index is 13.5. The molecule has 0 spiro atoms. The first-order valence-electron chi connectivity index (χ1n) is 8.28. The van der Waals surface area contributed by atoms with Gasteiger partial charge < -0.3 is 10.1 Å². The van der Waals surface area contributed by atoms with E-state index in [2.05, 4.69) is 15.8 Å². The third-order valence-corrected chi connectivity index (χ3v) is 3.53. The maximum Gasteiger partial charge on any atom is 0.249 e. The Morgan fingerprint density at radius 2 is 2.00 bits per heavy atom. The molecule has 0 saturated carbocycles. The van der Waals surface area contributed by atoms with Gasteiger partial charge in [-0.25, -0.2) is 9.82 Å². The summed E-state index contributed by atoms with van der Waals surface area (Å²) in [6, 6.07) is 10.7. The van der Waals surface area contributed by atoms with Crippen molar-refractivity contribution in [3.63, 3.8) is 0 Å². The lowest BCUT2D eigenvalue weighted by Crippen LogP contribution is -2.25. The minimum Gasteiger partial charge on any atom is -0.493 e. The fourth-order valence-electron chi connectivity index (χ4n) is 2.08. The second-order valence-electron chi connectivity index (χ2n) is 5.53. The number of benzene rings is 2. The van der Waals surface area contributed by atoms with Gasteiger partial charge >= 0.3 is 0 Å². The van der Waals surface area contributed by atoms with E-state index >= 15 is 0 Å². The van der Waals surface area contributed by atoms with Gasteiger partial charge in [-0.3, -0.25) is 9.59 Å². The van der Waals surface area contributed by atoms with Crippen molar-refractivity contribution >= 4 is 35.3 Å². The van der Waals surface area contributed by atoms with Crippen LogP contribution in [0.25, 0.3) is 0 Å². The quantitative estimate of drug-likeness (QED) is 0.408. The van der Waals surface area contributed by atoms with Crippen LogP contribution in [0.3, 0.4) is 0 Å². The monoisotopic (exact) mass is 391 g/mol. The van der Waals surface area contributed by atoms with Crippen LogP contribution in [0.1, 0.15) is 25.3 Å². The number of nitrogens with zero attached hydrogens (tertiary/aromatic N) is 1. The molecular weight excluding hydrogens is 373 g/mol. The molecule has 0 aliphatic heterocycles. The zero-order chi connectivity index (χ0) is 19.6. The summed E-state index contributed by atoms with van der Waals surface area (Å²) in [6.07, 6.45) is 1.72. The largest absolute Gasteiger partial charge is 0.493 e. The highest BCUT2D eigenvalue weighted by atomic mass is 35.5. The lowest BCUT2D eigenvalue weighted by atomic mass is 10.2. The van der Waals surface area contributed by atoms with E-state index in [4.69, 9.17) is 16.3 Å². The van der Waals surface area contributed by atoms with Crippen LogP contribution in [0, 0.1) is 5.82 Å². The van der Waals surface area contributed by atoms with Crippen molar-refractivity contribution in [1.29, 1.82) is 0 Å². The van der Waals surface area contributed by atoms with E-state index in [1.54, 1.807) is 24.3 Å². The van der Waals surface area contributed by atoms with E-state index in [1.165, 1.54) is 24.4 Å². The van der Waals surface area contributed by atoms with Gasteiger partial charge in [-0.1, -0.05) is 30.7 Å². The molecule has 0 saturated heterocycles. The molecule has 0 unspecified atom stereocenters. The average Bonchev–Trinajstić information content (AvgIpc) is 2.63. The van der Waals surface area contributed by atoms with Gasteiger partial charge in [0.05, 0.1) is 18.5 Å². The van der Waals surface area contributed by atoms with Crippen molar-refractivity contribution in [3.8, 4) is 5.75 Å². The van der Waals surface area contributed by atoms with Crippen LogP contribution in [-0.2, 0) is 9.59 Å². The molecule has 2 amide bonds. The van der Waals surface area contributed by atoms with Crippen molar-refractivity contribution in [3.05, 3.63) is 58.9 Å². The van der Waals surface area contributed by atoms with Gasteiger partial charge in [-0.05, 0) is 36.8 Å². The van der Waals surface area contributed by atoms with Crippen molar-refractivity contribution in [2.75, 3.05) is 11.9 Å². The highest BCUT2D eigenvalue weighted by Gasteiger charge is 2.11. The summed E-state index contributed by atoms with van der Waals surface area (Å²) in [5.74, 6) is -1.29. The third-order valence-electron chi connectivity index (χ3n) is 3.30. The molecule has 0 aromatic heterocycles. The number of amides is 2. The molecule has 2 rings (SSSR count). The molecule has 0 heterocycles. The summed E-state index contributed by atoms with van der Waals surface area (Å²) in [4.78, 5) is 23.6. The SMILES string of the molecule is CCCOc1ccc(Cl)cc1C=NNC(=O)CC(=O)Nc1ccccc1F. The zero-order valence-electron chi connectivity index (χ0n) is 14.7. The number of carbonyl (C=O) groups excluding carboxylic acids is 2. The summed E-state index contributed by atoms with van der Waals surface area (Å²) in [5.41, 5.74) is 2.84. The highest BCUT2D eigenvalue weighted by molar-refractivity contribution is 6.30. The smallest absolute Gasteiger partial charge is 0.249 e. The van der Waals surface area contributed by atoms with Gasteiger partial charge in [-0.2, -0.15) is 5.10 Å². The van der Waals surface area contributed by atoms with Crippen molar-refractivity contribution in [2.45, 2.75) is 19.8 Å². The van der Waals surface area contributed by atoms with Gasteiger partial charge in [0, 0.05) is 10.6 Å². The molecule has 27 heavy (non-hydrogen) atoms. The summed E-state index contributed by atoms with van der Waals surface area (Å²) >= 11 is 5.96. The van der Waals surface area contributed by atoms with Gasteiger partial charge in [0.15, 0.2) is 0 Å². The van der Waals surface area contributed by atoms with Gasteiger partial charge in [-0.15, -0.1) is 0 Å². The number of para-hydroxylation sites is 1. The zero-order valence-corrected chi connectivity index (χ0v) is 15.4. The Kier molecular flexibility index (Phi) is 7.76. The molecule has 0 radical (unpaired) electrons. The van der Waals surface area contributed by atoms with Gasteiger partial charge in [0.2, 0.25) is 11.8 Å². The summed E-state index contributed by atoms with van der Waals surface area (Å²) < 4.78 is 19.1. The number of rotatable bonds is 8. The van der Waals surface area contributed by atoms with E-state index in [1.807, 2.05) is 6.92 Å². The van der Waals surface area contributed by atoms with Crippen LogP contribution < -0.4 is 15.5 Å². The molecule has 6 nitrogen and oxygen atoms in total. The van der Waals surface area contributed by atoms with Crippen LogP contribution in [0.15, 0.2) is 47.6 Å². The number of halogens is 2. The van der Waals surface area contributed by atoms with Gasteiger partial charge in [0.1, 0.15) is 18.0 Å². The van der Waals surface area contributed by atoms with E-state index in [0.29, 0.717) is 22.9 Å². The Balaban J connectivity index is 1.90. The normalized spacial score (nSPS) is 10.6. The standard InChI is InChI=1S/C19H19ClFN3O3/c1-2-9-27-17-8-7-14(20)10-13(17)12-22-24-19(26)11-18(25)23-16-6-4-3-5-15(16)21/h3-8,10,12H,2,9,11H2,1H3,(H,23,25)(H,24,26). The third kappa shape index (κ3) is 6.71. The Hall–Kier alpha value is -2.93. The Bertz CT molecular complexity index is 843. The van der Waals surface area contributed by atoms with Crippen LogP contribution in [0.2, 0.25) is 5.02 Å². The van der Waals surface area contributed by atoms with E-state index in [-0.39, 0.29) is 5.69 Å². The van der Waals surface area contributed by atoms with E-state index in [9.17, 15) is 14.0 Å². The summed E-state index contributed by atoms with van der Waals surface area (Å²) in [5, 5.41) is 6.63. The summed E-state index contributed by atoms with van der Waals surface area (Å²) in [7, 11) is 0. The van der Waals surface area contributed by atoms with Crippen molar-refractivity contribution < 1.29 is 18.7 Å². The van der Waals surface area contributed by atoms with Crippen LogP contribution in [0.5, 0.6) is 5.75 Å². The molecular formula is C19H19ClFN3O3. The lowest BCUT2D eigenvalue weighted by Gasteiger charge is -2.08. The fraction of sp³-hybridized carbons (Fsp3) is 0.211. The lowest BCUT2D eigenvalue weighted by molar-refractivity contribution is -0.126. The first-order valence-corrected chi connectivity index (χ1v) is 8.66.